The number of benzene rings is 1. The molecular formula is C13H11NO2S. The van der Waals surface area contributed by atoms with Crippen molar-refractivity contribution in [3.8, 4) is 11.5 Å². The second-order valence-electron chi connectivity index (χ2n) is 4.22. The van der Waals surface area contributed by atoms with Crippen LogP contribution in [0.5, 0.6) is 11.5 Å². The zero-order chi connectivity index (χ0) is 12.2. The molecule has 3 nitrogen and oxygen atoms in total. The molecular weight excluding hydrogens is 234 g/mol. The molecule has 0 fully saturated rings. The molecule has 0 aliphatic carbocycles. The van der Waals surface area contributed by atoms with Gasteiger partial charge in [0.05, 0.1) is 5.39 Å². The van der Waals surface area contributed by atoms with Crippen molar-refractivity contribution in [2.45, 2.75) is 13.8 Å². The number of thiophene rings is 1. The van der Waals surface area contributed by atoms with Gasteiger partial charge in [-0.15, -0.1) is 11.3 Å². The van der Waals surface area contributed by atoms with Crippen LogP contribution < -0.4 is 0 Å². The number of nitrogens with zero attached hydrogens (tertiary/aromatic N) is 1. The molecule has 0 atom stereocenters. The first kappa shape index (κ1) is 10.4. The second kappa shape index (κ2) is 3.34. The third kappa shape index (κ3) is 1.45. The van der Waals surface area contributed by atoms with Gasteiger partial charge in [0.15, 0.2) is 0 Å². The van der Waals surface area contributed by atoms with Gasteiger partial charge in [0.1, 0.15) is 16.3 Å². The summed E-state index contributed by atoms with van der Waals surface area (Å²) in [5, 5.41) is 21.3. The van der Waals surface area contributed by atoms with E-state index in [9.17, 15) is 10.2 Å². The second-order valence-corrected chi connectivity index (χ2v) is 5.25. The Balaban J connectivity index is 2.60. The standard InChI is InChI=1S/C13H11NO2S/c1-6-3-8(15)11-10(4-6)17-13-12(11)9(16)5-7(2)14-13/h3-5,15H,1-2H3,(H,14,16). The molecule has 0 saturated heterocycles. The molecule has 0 radical (unpaired) electrons. The molecule has 17 heavy (non-hydrogen) atoms. The first-order chi connectivity index (χ1) is 8.06. The molecule has 0 aliphatic heterocycles. The summed E-state index contributed by atoms with van der Waals surface area (Å²) >= 11 is 1.49. The lowest BCUT2D eigenvalue weighted by atomic mass is 10.1. The lowest BCUT2D eigenvalue weighted by Crippen LogP contribution is -1.80. The quantitative estimate of drug-likeness (QED) is 0.637. The number of aromatic hydroxyl groups is 2. The maximum Gasteiger partial charge on any atom is 0.128 e. The van der Waals surface area contributed by atoms with Crippen LogP contribution in [0.4, 0.5) is 0 Å². The van der Waals surface area contributed by atoms with E-state index in [1.54, 1.807) is 12.1 Å². The number of phenolic OH excluding ortho intramolecular Hbond substituents is 1. The molecule has 86 valence electrons. The Morgan fingerprint density at radius 3 is 2.47 bits per heavy atom. The third-order valence-corrected chi connectivity index (χ3v) is 3.81. The molecule has 0 spiro atoms. The molecule has 4 heteroatoms. The van der Waals surface area contributed by atoms with Crippen LogP contribution >= 0.6 is 11.3 Å². The summed E-state index contributed by atoms with van der Waals surface area (Å²) in [6.45, 7) is 3.77. The highest BCUT2D eigenvalue weighted by molar-refractivity contribution is 7.25. The molecule has 0 bridgehead atoms. The summed E-state index contributed by atoms with van der Waals surface area (Å²) in [5.41, 5.74) is 1.77. The lowest BCUT2D eigenvalue weighted by molar-refractivity contribution is 0.476. The number of fused-ring (bicyclic) bond motifs is 3. The van der Waals surface area contributed by atoms with E-state index in [1.807, 2.05) is 19.9 Å². The summed E-state index contributed by atoms with van der Waals surface area (Å²) in [7, 11) is 0. The number of aromatic nitrogens is 1. The minimum absolute atomic E-state index is 0.179. The SMILES string of the molecule is Cc1cc(O)c2c(c1)sc1nc(C)cc(O)c12. The molecule has 0 aliphatic rings. The Kier molecular flexibility index (Phi) is 2.03. The molecule has 2 N–H and O–H groups in total. The van der Waals surface area contributed by atoms with Gasteiger partial charge in [-0.2, -0.15) is 0 Å². The van der Waals surface area contributed by atoms with Gasteiger partial charge >= 0.3 is 0 Å². The molecule has 0 saturated carbocycles. The van der Waals surface area contributed by atoms with Crippen molar-refractivity contribution in [2.24, 2.45) is 0 Å². The Hall–Kier alpha value is -1.81. The van der Waals surface area contributed by atoms with Crippen molar-refractivity contribution >= 4 is 31.6 Å². The summed E-state index contributed by atoms with van der Waals surface area (Å²) in [6.07, 6.45) is 0. The van der Waals surface area contributed by atoms with Crippen LogP contribution in [-0.2, 0) is 0 Å². The minimum Gasteiger partial charge on any atom is -0.507 e. The predicted octanol–water partition coefficient (Wildman–Crippen LogP) is 3.48. The zero-order valence-corrected chi connectivity index (χ0v) is 10.3. The van der Waals surface area contributed by atoms with Gasteiger partial charge in [0.25, 0.3) is 0 Å². The molecule has 3 rings (SSSR count). The smallest absolute Gasteiger partial charge is 0.128 e. The van der Waals surface area contributed by atoms with Crippen LogP contribution in [0.15, 0.2) is 18.2 Å². The fourth-order valence-corrected chi connectivity index (χ4v) is 3.37. The number of pyridine rings is 1. The topological polar surface area (TPSA) is 53.4 Å². The van der Waals surface area contributed by atoms with E-state index in [1.165, 1.54) is 11.3 Å². The molecule has 3 aromatic rings. The van der Waals surface area contributed by atoms with E-state index in [0.29, 0.717) is 10.8 Å². The van der Waals surface area contributed by atoms with E-state index in [4.69, 9.17) is 0 Å². The van der Waals surface area contributed by atoms with Crippen LogP contribution in [0.25, 0.3) is 20.3 Å². The molecule has 0 unspecified atom stereocenters. The highest BCUT2D eigenvalue weighted by atomic mass is 32.1. The highest BCUT2D eigenvalue weighted by Gasteiger charge is 2.14. The van der Waals surface area contributed by atoms with Crippen LogP contribution in [0.3, 0.4) is 0 Å². The summed E-state index contributed by atoms with van der Waals surface area (Å²) in [4.78, 5) is 5.15. The number of hydrogen-bond acceptors (Lipinski definition) is 4. The Labute approximate surface area is 102 Å². The van der Waals surface area contributed by atoms with E-state index in [0.717, 1.165) is 20.8 Å². The van der Waals surface area contributed by atoms with E-state index in [2.05, 4.69) is 4.98 Å². The Bertz CT molecular complexity index is 684. The third-order valence-electron chi connectivity index (χ3n) is 2.78. The first-order valence-corrected chi connectivity index (χ1v) is 6.10. The maximum absolute atomic E-state index is 10.0. The number of phenols is 1. The molecule has 0 amide bonds. The van der Waals surface area contributed by atoms with Gasteiger partial charge in [-0.25, -0.2) is 4.98 Å². The van der Waals surface area contributed by atoms with Crippen molar-refractivity contribution in [1.29, 1.82) is 0 Å². The maximum atomic E-state index is 10.0. The monoisotopic (exact) mass is 245 g/mol. The fourth-order valence-electron chi connectivity index (χ4n) is 2.11. The van der Waals surface area contributed by atoms with Crippen molar-refractivity contribution in [3.05, 3.63) is 29.5 Å². The van der Waals surface area contributed by atoms with Crippen LogP contribution in [-0.4, -0.2) is 15.2 Å². The fraction of sp³-hybridized carbons (Fsp3) is 0.154. The lowest BCUT2D eigenvalue weighted by Gasteiger charge is -2.00. The Morgan fingerprint density at radius 1 is 1.00 bits per heavy atom. The van der Waals surface area contributed by atoms with Gasteiger partial charge in [0, 0.05) is 21.8 Å². The number of aryl methyl sites for hydroxylation is 2. The summed E-state index contributed by atoms with van der Waals surface area (Å²) in [5.74, 6) is 0.380. The summed E-state index contributed by atoms with van der Waals surface area (Å²) in [6, 6.07) is 5.32. The molecule has 1 aromatic carbocycles. The highest BCUT2D eigenvalue weighted by Crippen LogP contribution is 2.42. The van der Waals surface area contributed by atoms with Gasteiger partial charge in [-0.1, -0.05) is 0 Å². The van der Waals surface area contributed by atoms with Gasteiger partial charge < -0.3 is 10.2 Å². The molecule has 2 heterocycles. The largest absolute Gasteiger partial charge is 0.507 e. The zero-order valence-electron chi connectivity index (χ0n) is 9.48. The number of hydrogen-bond donors (Lipinski definition) is 2. The van der Waals surface area contributed by atoms with E-state index >= 15 is 0 Å². The van der Waals surface area contributed by atoms with Gasteiger partial charge in [0.2, 0.25) is 0 Å². The van der Waals surface area contributed by atoms with E-state index in [-0.39, 0.29) is 11.5 Å². The first-order valence-electron chi connectivity index (χ1n) is 5.28. The van der Waals surface area contributed by atoms with Crippen molar-refractivity contribution in [1.82, 2.24) is 4.98 Å². The minimum atomic E-state index is 0.179. The number of rotatable bonds is 0. The average Bonchev–Trinajstić information content (AvgIpc) is 2.55. The van der Waals surface area contributed by atoms with E-state index < -0.39 is 0 Å². The Morgan fingerprint density at radius 2 is 1.71 bits per heavy atom. The van der Waals surface area contributed by atoms with Crippen LogP contribution in [0, 0.1) is 13.8 Å². The molecule has 2 aromatic heterocycles. The van der Waals surface area contributed by atoms with Crippen LogP contribution in [0.1, 0.15) is 11.3 Å². The normalized spacial score (nSPS) is 11.4. The average molecular weight is 245 g/mol. The van der Waals surface area contributed by atoms with Crippen molar-refractivity contribution in [2.75, 3.05) is 0 Å². The van der Waals surface area contributed by atoms with Gasteiger partial charge in [-0.05, 0) is 31.5 Å². The van der Waals surface area contributed by atoms with Gasteiger partial charge in [-0.3, -0.25) is 0 Å². The van der Waals surface area contributed by atoms with Crippen LogP contribution in [0.2, 0.25) is 0 Å². The summed E-state index contributed by atoms with van der Waals surface area (Å²) < 4.78 is 0.950. The predicted molar refractivity (Wildman–Crippen MR) is 69.9 cm³/mol. The van der Waals surface area contributed by atoms with Crippen molar-refractivity contribution in [3.63, 3.8) is 0 Å². The van der Waals surface area contributed by atoms with Crippen molar-refractivity contribution < 1.29 is 10.2 Å².